The molecule has 0 unspecified atom stereocenters. The van der Waals surface area contributed by atoms with Crippen molar-refractivity contribution < 1.29 is 4.74 Å². The van der Waals surface area contributed by atoms with Gasteiger partial charge in [0.1, 0.15) is 0 Å². The lowest BCUT2D eigenvalue weighted by Crippen LogP contribution is -2.17. The predicted molar refractivity (Wildman–Crippen MR) is 85.3 cm³/mol. The first-order valence-electron chi connectivity index (χ1n) is 6.08. The van der Waals surface area contributed by atoms with Gasteiger partial charge in [-0.2, -0.15) is 11.3 Å². The van der Waals surface area contributed by atoms with Gasteiger partial charge in [0.25, 0.3) is 5.56 Å². The van der Waals surface area contributed by atoms with Crippen molar-refractivity contribution in [2.75, 3.05) is 7.11 Å². The van der Waals surface area contributed by atoms with Gasteiger partial charge in [0.15, 0.2) is 11.2 Å². The Kier molecular flexibility index (Phi) is 3.53. The molecule has 0 amide bonds. The van der Waals surface area contributed by atoms with Crippen molar-refractivity contribution in [2.45, 2.75) is 0 Å². The maximum absolute atomic E-state index is 12.6. The quantitative estimate of drug-likeness (QED) is 0.729. The number of nitrogens with zero attached hydrogens (tertiary/aromatic N) is 1. The average Bonchev–Trinajstić information content (AvgIpc) is 2.95. The maximum atomic E-state index is 12.6. The molecule has 0 atom stereocenters. The summed E-state index contributed by atoms with van der Waals surface area (Å²) in [6.45, 7) is 0. The van der Waals surface area contributed by atoms with E-state index >= 15 is 0 Å². The van der Waals surface area contributed by atoms with Gasteiger partial charge in [0.05, 0.1) is 18.3 Å². The van der Waals surface area contributed by atoms with Crippen LogP contribution < -0.4 is 15.7 Å². The highest BCUT2D eigenvalue weighted by Crippen LogP contribution is 2.20. The molecule has 0 fully saturated rings. The Labute approximate surface area is 128 Å². The third-order valence-electron chi connectivity index (χ3n) is 3.13. The molecule has 6 heteroatoms. The summed E-state index contributed by atoms with van der Waals surface area (Å²) in [5.41, 5.74) is 0.445. The van der Waals surface area contributed by atoms with Gasteiger partial charge in [0.2, 0.25) is 0 Å². The number of hydrogen-bond donors (Lipinski definition) is 0. The van der Waals surface area contributed by atoms with Crippen LogP contribution in [0.15, 0.2) is 50.7 Å². The Hall–Kier alpha value is -2.11. The van der Waals surface area contributed by atoms with E-state index in [9.17, 15) is 9.59 Å². The summed E-state index contributed by atoms with van der Waals surface area (Å²) in [4.78, 5) is 24.9. The fraction of sp³-hybridized carbons (Fsp3) is 0.0667. The van der Waals surface area contributed by atoms with Crippen LogP contribution >= 0.6 is 22.9 Å². The smallest absolute Gasteiger partial charge is 0.298 e. The minimum atomic E-state index is -0.398. The molecule has 0 bridgehead atoms. The molecule has 0 radical (unpaired) electrons. The molecule has 106 valence electrons. The Morgan fingerprint density at radius 1 is 1.19 bits per heavy atom. The van der Waals surface area contributed by atoms with Crippen LogP contribution in [0, 0.1) is 0 Å². The summed E-state index contributed by atoms with van der Waals surface area (Å²) in [7, 11) is 1.37. The normalized spacial score (nSPS) is 10.8. The molecular formula is C15H10ClNO3S. The minimum absolute atomic E-state index is 0.00137. The van der Waals surface area contributed by atoms with Crippen LogP contribution in [0.4, 0.5) is 0 Å². The fourth-order valence-electron chi connectivity index (χ4n) is 2.16. The van der Waals surface area contributed by atoms with Gasteiger partial charge in [-0.25, -0.2) is 0 Å². The summed E-state index contributed by atoms with van der Waals surface area (Å²) in [5, 5.41) is 4.54. The van der Waals surface area contributed by atoms with Crippen molar-refractivity contribution in [1.82, 2.24) is 4.57 Å². The third kappa shape index (κ3) is 2.34. The topological polar surface area (TPSA) is 48.3 Å². The maximum Gasteiger partial charge on any atom is 0.298 e. The SMILES string of the molecule is COc1cc(=O)c2ccc(Cl)cc2n(-c2ccsc2)c1=O. The fourth-order valence-corrected chi connectivity index (χ4v) is 2.95. The van der Waals surface area contributed by atoms with Crippen LogP contribution in [0.25, 0.3) is 16.6 Å². The second kappa shape index (κ2) is 5.35. The summed E-state index contributed by atoms with van der Waals surface area (Å²) in [5.74, 6) is -0.00137. The van der Waals surface area contributed by atoms with E-state index in [2.05, 4.69) is 0 Å². The highest BCUT2D eigenvalue weighted by molar-refractivity contribution is 7.08. The van der Waals surface area contributed by atoms with Crippen LogP contribution in [0.1, 0.15) is 0 Å². The molecule has 3 rings (SSSR count). The molecule has 0 aliphatic carbocycles. The third-order valence-corrected chi connectivity index (χ3v) is 4.03. The highest BCUT2D eigenvalue weighted by Gasteiger charge is 2.12. The van der Waals surface area contributed by atoms with Crippen molar-refractivity contribution in [3.8, 4) is 11.4 Å². The highest BCUT2D eigenvalue weighted by atomic mass is 35.5. The number of aromatic nitrogens is 1. The Morgan fingerprint density at radius 3 is 2.67 bits per heavy atom. The van der Waals surface area contributed by atoms with E-state index in [1.165, 1.54) is 29.1 Å². The molecule has 4 nitrogen and oxygen atoms in total. The number of hydrogen-bond acceptors (Lipinski definition) is 4. The van der Waals surface area contributed by atoms with Gasteiger partial charge >= 0.3 is 0 Å². The summed E-state index contributed by atoms with van der Waals surface area (Å²) in [6, 6.07) is 7.86. The second-order valence-electron chi connectivity index (χ2n) is 4.36. The number of methoxy groups -OCH3 is 1. The van der Waals surface area contributed by atoms with Crippen LogP contribution in [0.5, 0.6) is 5.75 Å². The molecule has 21 heavy (non-hydrogen) atoms. The van der Waals surface area contributed by atoms with Crippen LogP contribution in [-0.2, 0) is 0 Å². The monoisotopic (exact) mass is 319 g/mol. The van der Waals surface area contributed by atoms with Crippen LogP contribution in [0.3, 0.4) is 0 Å². The number of rotatable bonds is 2. The predicted octanol–water partition coefficient (Wildman–Crippen LogP) is 3.07. The van der Waals surface area contributed by atoms with Crippen LogP contribution in [0.2, 0.25) is 5.02 Å². The first-order valence-corrected chi connectivity index (χ1v) is 7.40. The molecule has 1 aromatic carbocycles. The number of halogens is 1. The Morgan fingerprint density at radius 2 is 2.00 bits per heavy atom. The Bertz CT molecular complexity index is 932. The zero-order valence-corrected chi connectivity index (χ0v) is 12.6. The molecule has 0 spiro atoms. The molecular weight excluding hydrogens is 310 g/mol. The summed E-state index contributed by atoms with van der Waals surface area (Å²) < 4.78 is 6.51. The number of benzene rings is 1. The molecule has 0 aliphatic rings. The van der Waals surface area contributed by atoms with Crippen LogP contribution in [-0.4, -0.2) is 11.7 Å². The molecule has 0 saturated heterocycles. The van der Waals surface area contributed by atoms with E-state index < -0.39 is 5.56 Å². The van der Waals surface area contributed by atoms with E-state index in [1.54, 1.807) is 24.3 Å². The van der Waals surface area contributed by atoms with Gasteiger partial charge in [-0.05, 0) is 29.6 Å². The van der Waals surface area contributed by atoms with Crippen molar-refractivity contribution in [3.05, 3.63) is 66.7 Å². The molecule has 0 saturated carbocycles. The number of ether oxygens (including phenoxy) is 1. The molecule has 0 aliphatic heterocycles. The van der Waals surface area contributed by atoms with Crippen molar-refractivity contribution in [3.63, 3.8) is 0 Å². The zero-order valence-electron chi connectivity index (χ0n) is 11.0. The molecule has 0 N–H and O–H groups in total. The van der Waals surface area contributed by atoms with Crippen molar-refractivity contribution in [1.29, 1.82) is 0 Å². The first-order chi connectivity index (χ1) is 10.1. The van der Waals surface area contributed by atoms with Gasteiger partial charge in [-0.15, -0.1) is 0 Å². The van der Waals surface area contributed by atoms with Gasteiger partial charge in [-0.3, -0.25) is 14.2 Å². The summed E-state index contributed by atoms with van der Waals surface area (Å²) >= 11 is 7.49. The molecule has 3 aromatic rings. The minimum Gasteiger partial charge on any atom is -0.491 e. The van der Waals surface area contributed by atoms with Gasteiger partial charge in [0, 0.05) is 21.9 Å². The van der Waals surface area contributed by atoms with E-state index in [1.807, 2.05) is 10.8 Å². The average molecular weight is 320 g/mol. The van der Waals surface area contributed by atoms with Crippen molar-refractivity contribution in [2.24, 2.45) is 0 Å². The lowest BCUT2D eigenvalue weighted by atomic mass is 10.2. The van der Waals surface area contributed by atoms with E-state index in [4.69, 9.17) is 16.3 Å². The second-order valence-corrected chi connectivity index (χ2v) is 5.58. The van der Waals surface area contributed by atoms with E-state index in [-0.39, 0.29) is 11.2 Å². The summed E-state index contributed by atoms with van der Waals surface area (Å²) in [6.07, 6.45) is 0. The van der Waals surface area contributed by atoms with E-state index in [0.29, 0.717) is 21.6 Å². The standard InChI is InChI=1S/C15H10ClNO3S/c1-20-14-7-13(18)11-3-2-9(16)6-12(11)17(15(14)19)10-4-5-21-8-10/h2-8H,1H3. The Balaban J connectivity index is 2.63. The number of fused-ring (bicyclic) bond motifs is 1. The largest absolute Gasteiger partial charge is 0.491 e. The molecule has 2 aromatic heterocycles. The number of thiophene rings is 1. The zero-order chi connectivity index (χ0) is 15.0. The molecule has 2 heterocycles. The van der Waals surface area contributed by atoms with Gasteiger partial charge in [-0.1, -0.05) is 11.6 Å². The van der Waals surface area contributed by atoms with Gasteiger partial charge < -0.3 is 4.74 Å². The lowest BCUT2D eigenvalue weighted by molar-refractivity contribution is 0.407. The van der Waals surface area contributed by atoms with Crippen molar-refractivity contribution >= 4 is 33.8 Å². The van der Waals surface area contributed by atoms with E-state index in [0.717, 1.165) is 0 Å². The first kappa shape index (κ1) is 13.9. The lowest BCUT2D eigenvalue weighted by Gasteiger charge is -2.05.